The van der Waals surface area contributed by atoms with E-state index in [-0.39, 0.29) is 19.4 Å². The summed E-state index contributed by atoms with van der Waals surface area (Å²) in [6, 6.07) is 0. The van der Waals surface area contributed by atoms with Crippen molar-refractivity contribution in [2.24, 2.45) is 0 Å². The minimum absolute atomic E-state index is 0.136. The highest BCUT2D eigenvalue weighted by atomic mass is 31.2. The maximum absolute atomic E-state index is 12.7. The molecule has 0 fully saturated rings. The van der Waals surface area contributed by atoms with Crippen molar-refractivity contribution < 1.29 is 66.0 Å². The Kier molecular flexibility index (Phi) is 76.4. The van der Waals surface area contributed by atoms with Gasteiger partial charge in [0.15, 0.2) is 6.10 Å². The largest absolute Gasteiger partial charge is 0.472 e. The van der Waals surface area contributed by atoms with Crippen LogP contribution in [0.1, 0.15) is 336 Å². The fraction of sp³-hybridized carbons (Fsp3) is 0.797. The van der Waals surface area contributed by atoms with Crippen LogP contribution in [-0.2, 0) is 51.1 Å². The molecule has 0 aromatic rings. The van der Waals surface area contributed by atoms with E-state index >= 15 is 0 Å². The molecule has 0 aliphatic carbocycles. The molecule has 0 aromatic heterocycles. The Balaban J connectivity index is -0.00000191. The van der Waals surface area contributed by atoms with Crippen LogP contribution in [0.25, 0.3) is 0 Å². The summed E-state index contributed by atoms with van der Waals surface area (Å²) < 4.78 is 53.2. The number of unbranched alkanes of at least 4 members (excludes halogenated alkanes) is 36. The van der Waals surface area contributed by atoms with Crippen molar-refractivity contribution in [1.82, 2.24) is 0 Å². The van der Waals surface area contributed by atoms with Crippen molar-refractivity contribution in [3.8, 4) is 0 Å². The zero-order chi connectivity index (χ0) is 66.8. The highest BCUT2D eigenvalue weighted by Gasteiger charge is 2.28. The Bertz CT molecular complexity index is 1820. The van der Waals surface area contributed by atoms with Gasteiger partial charge in [0.2, 0.25) is 0 Å². The molecule has 0 radical (unpaired) electrons. The number of phosphoric acid groups is 2. The molecule has 528 valence electrons. The van der Waals surface area contributed by atoms with Gasteiger partial charge < -0.3 is 29.2 Å². The predicted octanol–water partition coefficient (Wildman–Crippen LogP) is 22.6. The number of aldehydes is 1. The Morgan fingerprint density at radius 3 is 1.06 bits per heavy atom. The molecule has 16 heteroatoms. The van der Waals surface area contributed by atoms with Crippen molar-refractivity contribution in [3.05, 3.63) is 72.9 Å². The summed E-state index contributed by atoms with van der Waals surface area (Å²) in [5, 5.41) is 9.89. The molecule has 0 aliphatic rings. The number of aliphatic hydroxyl groups is 1. The highest BCUT2D eigenvalue weighted by molar-refractivity contribution is 7.47. The molecular formula is C74H138O14P2. The van der Waals surface area contributed by atoms with Gasteiger partial charge >= 0.3 is 27.6 Å². The smallest absolute Gasteiger partial charge is 0.462 e. The fourth-order valence-corrected chi connectivity index (χ4v) is 10.6. The number of ether oxygens (including phenoxy) is 2. The van der Waals surface area contributed by atoms with Crippen LogP contribution in [0.5, 0.6) is 0 Å². The molecule has 0 spiro atoms. The number of phosphoric ester groups is 2. The number of hydrogen-bond acceptors (Lipinski definition) is 12. The van der Waals surface area contributed by atoms with Gasteiger partial charge in [-0.1, -0.05) is 261 Å². The maximum atomic E-state index is 12.7. The summed E-state index contributed by atoms with van der Waals surface area (Å²) in [5.41, 5.74) is 0. The van der Waals surface area contributed by atoms with Crippen molar-refractivity contribution in [1.29, 1.82) is 0 Å². The average Bonchev–Trinajstić information content (AvgIpc) is 3.64. The first-order valence-electron chi connectivity index (χ1n) is 36.2. The molecule has 90 heavy (non-hydrogen) atoms. The number of allylic oxidation sites excluding steroid dienone is 12. The van der Waals surface area contributed by atoms with Gasteiger partial charge in [0.05, 0.1) is 19.8 Å². The maximum Gasteiger partial charge on any atom is 0.472 e. The summed E-state index contributed by atoms with van der Waals surface area (Å²) in [5.74, 6) is -1.02. The predicted molar refractivity (Wildman–Crippen MR) is 378 cm³/mol. The van der Waals surface area contributed by atoms with Crippen molar-refractivity contribution >= 4 is 33.9 Å². The van der Waals surface area contributed by atoms with Crippen LogP contribution >= 0.6 is 15.6 Å². The summed E-state index contributed by atoms with van der Waals surface area (Å²) in [7, 11) is -8.21. The van der Waals surface area contributed by atoms with Crippen molar-refractivity contribution in [2.45, 2.75) is 349 Å². The normalized spacial score (nSPS) is 13.9. The van der Waals surface area contributed by atoms with Gasteiger partial charge in [-0.05, 0) is 129 Å². The van der Waals surface area contributed by atoms with Gasteiger partial charge in [-0.15, -0.1) is 0 Å². The monoisotopic (exact) mass is 1310 g/mol. The highest BCUT2D eigenvalue weighted by Crippen LogP contribution is 2.44. The Morgan fingerprint density at radius 2 is 0.678 bits per heavy atom. The minimum atomic E-state index is -4.78. The first kappa shape index (κ1) is 91.4. The van der Waals surface area contributed by atoms with E-state index in [1.165, 1.54) is 180 Å². The first-order valence-corrected chi connectivity index (χ1v) is 39.2. The number of esters is 2. The van der Waals surface area contributed by atoms with E-state index < -0.39 is 59.6 Å². The molecule has 0 saturated heterocycles. The van der Waals surface area contributed by atoms with Crippen molar-refractivity contribution in [3.63, 3.8) is 0 Å². The molecule has 0 aromatic carbocycles. The van der Waals surface area contributed by atoms with E-state index in [1.807, 2.05) is 0 Å². The van der Waals surface area contributed by atoms with Crippen LogP contribution in [0.4, 0.5) is 0 Å². The second kappa shape index (κ2) is 75.3. The van der Waals surface area contributed by atoms with Gasteiger partial charge in [-0.3, -0.25) is 27.7 Å². The third-order valence-corrected chi connectivity index (χ3v) is 16.8. The van der Waals surface area contributed by atoms with E-state index in [0.717, 1.165) is 110 Å². The van der Waals surface area contributed by atoms with E-state index in [0.29, 0.717) is 12.8 Å². The molecule has 0 saturated carbocycles. The topological polar surface area (TPSA) is 201 Å². The molecular weight excluding hydrogens is 1170 g/mol. The number of rotatable bonds is 65. The molecule has 3 N–H and O–H groups in total. The zero-order valence-corrected chi connectivity index (χ0v) is 60.2. The summed E-state index contributed by atoms with van der Waals surface area (Å²) in [4.78, 5) is 54.7. The lowest BCUT2D eigenvalue weighted by Crippen LogP contribution is -2.30. The summed E-state index contributed by atoms with van der Waals surface area (Å²) in [6.45, 7) is 8.54. The average molecular weight is 1310 g/mol. The second-order valence-electron chi connectivity index (χ2n) is 23.8. The van der Waals surface area contributed by atoms with Crippen LogP contribution in [0.3, 0.4) is 0 Å². The number of hydrogen-bond donors (Lipinski definition) is 3. The van der Waals surface area contributed by atoms with Gasteiger partial charge in [0.1, 0.15) is 19.0 Å². The molecule has 2 unspecified atom stereocenters. The van der Waals surface area contributed by atoms with E-state index in [2.05, 4.69) is 117 Å². The van der Waals surface area contributed by atoms with Crippen molar-refractivity contribution in [2.75, 3.05) is 33.5 Å². The summed E-state index contributed by atoms with van der Waals surface area (Å²) in [6.07, 6.45) is 79.0. The number of carbonyl (C=O) groups excluding carboxylic acids is 3. The number of carbonyl (C=O) groups is 3. The Hall–Kier alpha value is -2.77. The Labute approximate surface area is 552 Å². The lowest BCUT2D eigenvalue weighted by Gasteiger charge is -2.20. The SMILES string of the molecule is C/C=C/C/C=C/CCCCCCC.CCCCC/C=C/C/C=C/CCCCCCCC(=O)OC[C@H](COP(=O)(O)OC[C@H](O)COP(=O)(O)OC)OC(=O)CCCCCCCCCC/C=C/CCCCC.CCCCCCCC/C=C/CCCCCCCC=O. The third kappa shape index (κ3) is 79.5. The van der Waals surface area contributed by atoms with Crippen LogP contribution in [-0.4, -0.2) is 78.9 Å². The Morgan fingerprint density at radius 1 is 0.378 bits per heavy atom. The molecule has 0 aliphatic heterocycles. The quantitative estimate of drug-likeness (QED) is 0.0171. The summed E-state index contributed by atoms with van der Waals surface area (Å²) >= 11 is 0. The van der Waals surface area contributed by atoms with E-state index in [9.17, 15) is 38.4 Å². The van der Waals surface area contributed by atoms with E-state index in [1.54, 1.807) is 0 Å². The lowest BCUT2D eigenvalue weighted by molar-refractivity contribution is -0.161. The van der Waals surface area contributed by atoms with Crippen LogP contribution < -0.4 is 0 Å². The van der Waals surface area contributed by atoms with E-state index in [4.69, 9.17) is 18.5 Å². The second-order valence-corrected chi connectivity index (χ2v) is 26.8. The van der Waals surface area contributed by atoms with Gasteiger partial charge in [-0.2, -0.15) is 0 Å². The van der Waals surface area contributed by atoms with Crippen LogP contribution in [0.15, 0.2) is 72.9 Å². The van der Waals surface area contributed by atoms with Crippen LogP contribution in [0.2, 0.25) is 0 Å². The lowest BCUT2D eigenvalue weighted by atomic mass is 10.1. The van der Waals surface area contributed by atoms with Gasteiger partial charge in [-0.25, -0.2) is 9.13 Å². The minimum Gasteiger partial charge on any atom is -0.462 e. The number of aliphatic hydroxyl groups excluding tert-OH is 1. The first-order chi connectivity index (χ1) is 43.8. The third-order valence-electron chi connectivity index (χ3n) is 14.9. The molecule has 4 atom stereocenters. The fourth-order valence-electron chi connectivity index (χ4n) is 9.31. The zero-order valence-electron chi connectivity index (χ0n) is 58.4. The molecule has 0 bridgehead atoms. The van der Waals surface area contributed by atoms with Gasteiger partial charge in [0.25, 0.3) is 0 Å². The molecule has 0 heterocycles. The van der Waals surface area contributed by atoms with Gasteiger partial charge in [0, 0.05) is 26.4 Å². The molecule has 14 nitrogen and oxygen atoms in total. The standard InChI is InChI=1S/C43H80O13P2.C18H34O.C13H24/c1-4-6-8-10-12-14-16-18-20-22-24-26-28-30-32-34-42(45)52-38-41(39-55-58(49,50)54-37-40(44)36-53-57(47,48)51-3)56-43(46)35-33-31-29-27-25-23-21-19-17-15-13-11-9-7-5-2;1-2-3-4-5-6-7-8-9-10-11-12-13-14-15-16-17-18-19;1-3-5-7-9-11-13-12-10-8-6-4-2/h12-15,18,20,40-41,44H,4-11,16-17,19,21-39H2,1-3H3,(H,47,48)(H,49,50);9-10,18H,2-8,11-17H2,1H3;3,5,9,11H,4,6-8,10,12-13H2,1-2H3/b14-12+,15-13+,20-18+;10-9+;5-3+,11-9+/t40-,41-;;/m1../s1. The molecule has 0 amide bonds. The van der Waals surface area contributed by atoms with Crippen LogP contribution in [0, 0.1) is 0 Å². The molecule has 0 rings (SSSR count).